The van der Waals surface area contributed by atoms with Crippen molar-refractivity contribution >= 4 is 16.7 Å². The molecule has 1 amide bonds. The van der Waals surface area contributed by atoms with Crippen molar-refractivity contribution in [3.63, 3.8) is 0 Å². The number of piperidine rings is 1. The third-order valence-corrected chi connectivity index (χ3v) is 5.76. The smallest absolute Gasteiger partial charge is 0.253 e. The van der Waals surface area contributed by atoms with Crippen LogP contribution in [-0.4, -0.2) is 28.5 Å². The third kappa shape index (κ3) is 2.45. The van der Waals surface area contributed by atoms with E-state index in [-0.39, 0.29) is 17.4 Å². The van der Waals surface area contributed by atoms with E-state index in [1.165, 1.54) is 0 Å². The quantitative estimate of drug-likeness (QED) is 0.680. The molecule has 0 spiro atoms. The van der Waals surface area contributed by atoms with Gasteiger partial charge < -0.3 is 9.47 Å². The molecule has 2 aromatic carbocycles. The van der Waals surface area contributed by atoms with Crippen LogP contribution >= 0.6 is 0 Å². The molecule has 26 heavy (non-hydrogen) atoms. The van der Waals surface area contributed by atoms with Gasteiger partial charge in [-0.25, -0.2) is 0 Å². The molecule has 3 aromatic rings. The number of hydrogen-bond acceptors (Lipinski definition) is 2. The summed E-state index contributed by atoms with van der Waals surface area (Å²) < 4.78 is 1.90. The second-order valence-corrected chi connectivity index (χ2v) is 7.47. The maximum absolute atomic E-state index is 13.1. The maximum Gasteiger partial charge on any atom is 0.253 e. The Hall–Kier alpha value is -2.88. The first-order valence-corrected chi connectivity index (χ1v) is 9.17. The van der Waals surface area contributed by atoms with E-state index in [2.05, 4.69) is 6.07 Å². The van der Waals surface area contributed by atoms with E-state index < -0.39 is 0 Å². The Labute approximate surface area is 151 Å². The molecule has 0 aliphatic carbocycles. The lowest BCUT2D eigenvalue weighted by atomic mass is 9.83. The molecule has 3 heterocycles. The predicted octanol–water partition coefficient (Wildman–Crippen LogP) is 3.26. The highest BCUT2D eigenvalue weighted by atomic mass is 16.2. The zero-order valence-corrected chi connectivity index (χ0v) is 14.5. The van der Waals surface area contributed by atoms with Gasteiger partial charge in [0.1, 0.15) is 0 Å². The van der Waals surface area contributed by atoms with Gasteiger partial charge in [-0.3, -0.25) is 9.59 Å². The fourth-order valence-electron chi connectivity index (χ4n) is 4.57. The molecule has 4 nitrogen and oxygen atoms in total. The fourth-order valence-corrected chi connectivity index (χ4v) is 4.57. The highest BCUT2D eigenvalue weighted by molar-refractivity contribution is 5.98. The van der Waals surface area contributed by atoms with Gasteiger partial charge in [0.05, 0.1) is 0 Å². The minimum atomic E-state index is 0.0755. The molecule has 2 aliphatic heterocycles. The third-order valence-electron chi connectivity index (χ3n) is 5.76. The molecule has 0 N–H and O–H groups in total. The summed E-state index contributed by atoms with van der Waals surface area (Å²) in [5.41, 5.74) is 1.89. The van der Waals surface area contributed by atoms with Crippen molar-refractivity contribution in [3.8, 4) is 0 Å². The molecular weight excluding hydrogens is 324 g/mol. The molecule has 2 aliphatic rings. The zero-order valence-electron chi connectivity index (χ0n) is 14.5. The normalized spacial score (nSPS) is 21.5. The van der Waals surface area contributed by atoms with Crippen LogP contribution in [0.5, 0.6) is 0 Å². The van der Waals surface area contributed by atoms with Gasteiger partial charge in [-0.1, -0.05) is 36.4 Å². The van der Waals surface area contributed by atoms with Gasteiger partial charge in [0.15, 0.2) is 0 Å². The van der Waals surface area contributed by atoms with Crippen LogP contribution < -0.4 is 5.56 Å². The lowest BCUT2D eigenvalue weighted by Crippen LogP contribution is -2.49. The van der Waals surface area contributed by atoms with Crippen molar-refractivity contribution in [1.29, 1.82) is 0 Å². The lowest BCUT2D eigenvalue weighted by molar-refractivity contribution is 0.0594. The second-order valence-electron chi connectivity index (χ2n) is 7.47. The van der Waals surface area contributed by atoms with Crippen LogP contribution in [0.15, 0.2) is 65.5 Å². The Morgan fingerprint density at radius 1 is 0.885 bits per heavy atom. The molecule has 1 fully saturated rings. The van der Waals surface area contributed by atoms with Crippen LogP contribution in [0.2, 0.25) is 0 Å². The standard InChI is InChI=1S/C22H20N2O2/c25-21-7-3-6-20-19-10-15(13-24(20)21)12-23(14-19)22(26)18-9-8-16-4-1-2-5-17(16)11-18/h1-9,11,15,19H,10,12-14H2. The van der Waals surface area contributed by atoms with Gasteiger partial charge in [0.25, 0.3) is 11.5 Å². The average molecular weight is 344 g/mol. The maximum atomic E-state index is 13.1. The summed E-state index contributed by atoms with van der Waals surface area (Å²) in [7, 11) is 0. The topological polar surface area (TPSA) is 42.3 Å². The Morgan fingerprint density at radius 3 is 2.62 bits per heavy atom. The number of pyridine rings is 1. The van der Waals surface area contributed by atoms with Gasteiger partial charge in [-0.15, -0.1) is 0 Å². The van der Waals surface area contributed by atoms with Crippen molar-refractivity contribution in [2.24, 2.45) is 5.92 Å². The number of nitrogens with zero attached hydrogens (tertiary/aromatic N) is 2. The highest BCUT2D eigenvalue weighted by Crippen LogP contribution is 2.35. The van der Waals surface area contributed by atoms with Crippen LogP contribution in [0.1, 0.15) is 28.4 Å². The minimum Gasteiger partial charge on any atom is -0.338 e. The minimum absolute atomic E-state index is 0.0755. The number of rotatable bonds is 1. The summed E-state index contributed by atoms with van der Waals surface area (Å²) in [4.78, 5) is 27.2. The van der Waals surface area contributed by atoms with E-state index in [1.54, 1.807) is 6.07 Å². The van der Waals surface area contributed by atoms with Crippen LogP contribution in [0.25, 0.3) is 10.8 Å². The SMILES string of the molecule is O=C(c1ccc2ccccc2c1)N1CC2CC(C1)c1cccc(=O)n1C2. The van der Waals surface area contributed by atoms with Crippen molar-refractivity contribution in [3.05, 3.63) is 82.3 Å². The first-order valence-electron chi connectivity index (χ1n) is 9.17. The summed E-state index contributed by atoms with van der Waals surface area (Å²) in [6.45, 7) is 2.13. The van der Waals surface area contributed by atoms with E-state index in [4.69, 9.17) is 0 Å². The van der Waals surface area contributed by atoms with E-state index >= 15 is 0 Å². The van der Waals surface area contributed by atoms with Crippen LogP contribution in [0.3, 0.4) is 0 Å². The molecule has 1 saturated heterocycles. The molecule has 0 saturated carbocycles. The van der Waals surface area contributed by atoms with Gasteiger partial charge in [-0.2, -0.15) is 0 Å². The average Bonchev–Trinajstić information content (AvgIpc) is 2.68. The Morgan fingerprint density at radius 2 is 1.73 bits per heavy atom. The predicted molar refractivity (Wildman–Crippen MR) is 101 cm³/mol. The molecule has 1 aromatic heterocycles. The molecular formula is C22H20N2O2. The second kappa shape index (κ2) is 5.84. The van der Waals surface area contributed by atoms with Gasteiger partial charge in [-0.05, 0) is 41.3 Å². The van der Waals surface area contributed by atoms with E-state index in [9.17, 15) is 9.59 Å². The Kier molecular flexibility index (Phi) is 3.45. The van der Waals surface area contributed by atoms with E-state index in [0.717, 1.165) is 35.0 Å². The van der Waals surface area contributed by atoms with Crippen molar-refractivity contribution < 1.29 is 4.79 Å². The number of amides is 1. The first-order chi connectivity index (χ1) is 12.7. The van der Waals surface area contributed by atoms with E-state index in [0.29, 0.717) is 19.0 Å². The highest BCUT2D eigenvalue weighted by Gasteiger charge is 2.36. The molecule has 2 bridgehead atoms. The van der Waals surface area contributed by atoms with Gasteiger partial charge in [0, 0.05) is 42.9 Å². The van der Waals surface area contributed by atoms with Gasteiger partial charge >= 0.3 is 0 Å². The lowest BCUT2D eigenvalue weighted by Gasteiger charge is -2.42. The van der Waals surface area contributed by atoms with Crippen molar-refractivity contribution in [2.45, 2.75) is 18.9 Å². The fraction of sp³-hybridized carbons (Fsp3) is 0.273. The van der Waals surface area contributed by atoms with Crippen LogP contribution in [0, 0.1) is 5.92 Å². The first kappa shape index (κ1) is 15.4. The summed E-state index contributed by atoms with van der Waals surface area (Å²) >= 11 is 0. The van der Waals surface area contributed by atoms with Gasteiger partial charge in [0.2, 0.25) is 0 Å². The Bertz CT molecular complexity index is 1070. The summed E-state index contributed by atoms with van der Waals surface area (Å²) in [6, 6.07) is 19.5. The van der Waals surface area contributed by atoms with E-state index in [1.807, 2.05) is 58.0 Å². The molecule has 2 atom stereocenters. The molecule has 5 rings (SSSR count). The molecule has 130 valence electrons. The summed E-state index contributed by atoms with van der Waals surface area (Å²) in [6.07, 6.45) is 1.06. The number of aromatic nitrogens is 1. The molecule has 4 heteroatoms. The summed E-state index contributed by atoms with van der Waals surface area (Å²) in [5.74, 6) is 0.698. The Balaban J connectivity index is 1.46. The molecule has 0 radical (unpaired) electrons. The van der Waals surface area contributed by atoms with Crippen molar-refractivity contribution in [2.75, 3.05) is 13.1 Å². The number of hydrogen-bond donors (Lipinski definition) is 0. The number of likely N-dealkylation sites (tertiary alicyclic amines) is 1. The zero-order chi connectivity index (χ0) is 17.7. The van der Waals surface area contributed by atoms with Crippen LogP contribution in [0.4, 0.5) is 0 Å². The number of carbonyl (C=O) groups excluding carboxylic acids is 1. The number of benzene rings is 2. The monoisotopic (exact) mass is 344 g/mol. The number of fused-ring (bicyclic) bond motifs is 5. The largest absolute Gasteiger partial charge is 0.338 e. The van der Waals surface area contributed by atoms with Crippen molar-refractivity contribution in [1.82, 2.24) is 9.47 Å². The summed E-state index contributed by atoms with van der Waals surface area (Å²) in [5, 5.41) is 2.24. The molecule has 2 unspecified atom stereocenters. The van der Waals surface area contributed by atoms with Crippen LogP contribution in [-0.2, 0) is 6.54 Å². The number of carbonyl (C=O) groups is 1.